The Morgan fingerprint density at radius 3 is 2.30 bits per heavy atom. The Morgan fingerprint density at radius 2 is 1.83 bits per heavy atom. The van der Waals surface area contributed by atoms with Crippen LogP contribution in [0.25, 0.3) is 0 Å². The maximum absolute atomic E-state index is 15.5. The van der Waals surface area contributed by atoms with Crippen LogP contribution in [0.2, 0.25) is 5.02 Å². The number of ether oxygens (including phenoxy) is 1. The van der Waals surface area contributed by atoms with Gasteiger partial charge in [-0.25, -0.2) is 14.1 Å². The highest BCUT2D eigenvalue weighted by Crippen LogP contribution is 2.44. The smallest absolute Gasteiger partial charge is 0.232 e. The average molecular weight is 342 g/mol. The van der Waals surface area contributed by atoms with Gasteiger partial charge in [0, 0.05) is 5.02 Å². The normalized spacial score (nSPS) is 17.3. The summed E-state index contributed by atoms with van der Waals surface area (Å²) < 4.78 is 22.1. The number of hydrogen-bond acceptors (Lipinski definition) is 4. The van der Waals surface area contributed by atoms with Crippen LogP contribution in [0.5, 0.6) is 5.75 Å². The Hall–Kier alpha value is -1.66. The van der Waals surface area contributed by atoms with E-state index in [0.29, 0.717) is 10.8 Å². The van der Waals surface area contributed by atoms with Gasteiger partial charge in [-0.1, -0.05) is 32.4 Å². The molecule has 0 spiro atoms. The lowest BCUT2D eigenvalue weighted by molar-refractivity contribution is -0.217. The van der Waals surface area contributed by atoms with Crippen LogP contribution in [-0.4, -0.2) is 32.1 Å². The van der Waals surface area contributed by atoms with Gasteiger partial charge in [0.1, 0.15) is 25.0 Å². The molecule has 7 heteroatoms. The zero-order valence-corrected chi connectivity index (χ0v) is 14.4. The van der Waals surface area contributed by atoms with E-state index in [1.165, 1.54) is 19.6 Å². The first-order valence-corrected chi connectivity index (χ1v) is 7.60. The summed E-state index contributed by atoms with van der Waals surface area (Å²) in [5, 5.41) is 15.6. The maximum Gasteiger partial charge on any atom is 0.232 e. The Balaban J connectivity index is 2.31. The van der Waals surface area contributed by atoms with Crippen LogP contribution in [0.15, 0.2) is 36.9 Å². The first kappa shape index (κ1) is 17.7. The van der Waals surface area contributed by atoms with Gasteiger partial charge < -0.3 is 9.84 Å². The second-order valence-electron chi connectivity index (χ2n) is 6.65. The molecule has 1 heterocycles. The highest BCUT2D eigenvalue weighted by Gasteiger charge is 2.58. The average Bonchev–Trinajstić information content (AvgIpc) is 2.99. The fourth-order valence-corrected chi connectivity index (χ4v) is 2.49. The van der Waals surface area contributed by atoms with Crippen molar-refractivity contribution in [3.8, 4) is 5.75 Å². The van der Waals surface area contributed by atoms with Gasteiger partial charge >= 0.3 is 0 Å². The molecule has 2 rings (SSSR count). The van der Waals surface area contributed by atoms with Crippen molar-refractivity contribution < 1.29 is 14.2 Å². The summed E-state index contributed by atoms with van der Waals surface area (Å²) in [4.78, 5) is 3.76. The van der Waals surface area contributed by atoms with Crippen LogP contribution in [0.4, 0.5) is 4.39 Å². The SMILES string of the molecule is CC(C)(C)C(O)(COc1ccc(Cl)cc1)C(C)(F)n1cncn1. The standard InChI is InChI=1S/C16H21ClFN3O2/c1-14(2,3)16(22,15(4,18)21-11-19-10-20-21)9-23-13-7-5-12(17)6-8-13/h5-8,10-11,22H,9H2,1-4H3. The molecule has 1 aromatic heterocycles. The summed E-state index contributed by atoms with van der Waals surface area (Å²) in [7, 11) is 0. The van der Waals surface area contributed by atoms with Crippen LogP contribution in [0.3, 0.4) is 0 Å². The molecule has 5 nitrogen and oxygen atoms in total. The third kappa shape index (κ3) is 3.33. The molecule has 0 bridgehead atoms. The second-order valence-corrected chi connectivity index (χ2v) is 7.08. The molecule has 2 atom stereocenters. The first-order valence-electron chi connectivity index (χ1n) is 7.23. The number of aromatic nitrogens is 3. The molecule has 1 aromatic carbocycles. The molecule has 23 heavy (non-hydrogen) atoms. The van der Waals surface area contributed by atoms with E-state index in [2.05, 4.69) is 10.1 Å². The monoisotopic (exact) mass is 341 g/mol. The Labute approximate surface area is 140 Å². The van der Waals surface area contributed by atoms with Crippen LogP contribution < -0.4 is 4.74 Å². The van der Waals surface area contributed by atoms with Crippen molar-refractivity contribution in [2.24, 2.45) is 5.41 Å². The predicted octanol–water partition coefficient (Wildman–Crippen LogP) is 3.43. The van der Waals surface area contributed by atoms with Crippen molar-refractivity contribution >= 4 is 11.6 Å². The zero-order valence-electron chi connectivity index (χ0n) is 13.6. The first-order chi connectivity index (χ1) is 10.6. The summed E-state index contributed by atoms with van der Waals surface area (Å²) >= 11 is 5.83. The molecule has 126 valence electrons. The van der Waals surface area contributed by atoms with Gasteiger partial charge in [-0.15, -0.1) is 0 Å². The molecule has 1 N–H and O–H groups in total. The van der Waals surface area contributed by atoms with E-state index in [1.807, 2.05) is 0 Å². The van der Waals surface area contributed by atoms with Gasteiger partial charge in [0.25, 0.3) is 0 Å². The largest absolute Gasteiger partial charge is 0.490 e. The van der Waals surface area contributed by atoms with E-state index in [-0.39, 0.29) is 6.61 Å². The van der Waals surface area contributed by atoms with E-state index in [0.717, 1.165) is 4.68 Å². The molecule has 0 radical (unpaired) electrons. The number of alkyl halides is 1. The summed E-state index contributed by atoms with van der Waals surface area (Å²) in [5.41, 5.74) is -2.68. The number of benzene rings is 1. The summed E-state index contributed by atoms with van der Waals surface area (Å²) in [6, 6.07) is 6.66. The molecule has 0 aliphatic heterocycles. The molecule has 0 amide bonds. The van der Waals surface area contributed by atoms with Gasteiger partial charge in [-0.3, -0.25) is 0 Å². The van der Waals surface area contributed by atoms with Gasteiger partial charge in [0.15, 0.2) is 5.60 Å². The number of nitrogens with zero attached hydrogens (tertiary/aromatic N) is 3. The molecule has 2 aromatic rings. The zero-order chi connectivity index (χ0) is 17.3. The minimum absolute atomic E-state index is 0.259. The van der Waals surface area contributed by atoms with Crippen LogP contribution >= 0.6 is 11.6 Å². The molecule has 0 saturated heterocycles. The van der Waals surface area contributed by atoms with Gasteiger partial charge in [-0.2, -0.15) is 5.10 Å². The van der Waals surface area contributed by atoms with Crippen molar-refractivity contribution in [2.75, 3.05) is 6.61 Å². The van der Waals surface area contributed by atoms with Crippen molar-refractivity contribution in [1.82, 2.24) is 14.8 Å². The van der Waals surface area contributed by atoms with E-state index < -0.39 is 16.8 Å². The van der Waals surface area contributed by atoms with E-state index >= 15 is 4.39 Å². The molecule has 0 aliphatic rings. The summed E-state index contributed by atoms with van der Waals surface area (Å²) in [6.45, 7) is 6.23. The summed E-state index contributed by atoms with van der Waals surface area (Å²) in [5.74, 6) is -1.72. The van der Waals surface area contributed by atoms with E-state index in [9.17, 15) is 5.11 Å². The highest BCUT2D eigenvalue weighted by atomic mass is 35.5. The van der Waals surface area contributed by atoms with Crippen molar-refractivity contribution in [3.63, 3.8) is 0 Å². The van der Waals surface area contributed by atoms with Gasteiger partial charge in [0.05, 0.1) is 0 Å². The quantitative estimate of drug-likeness (QED) is 0.905. The van der Waals surface area contributed by atoms with E-state index in [1.54, 1.807) is 45.0 Å². The minimum atomic E-state index is -2.21. The molecular formula is C16H21ClFN3O2. The van der Waals surface area contributed by atoms with Crippen molar-refractivity contribution in [3.05, 3.63) is 41.9 Å². The molecular weight excluding hydrogens is 321 g/mol. The predicted molar refractivity (Wildman–Crippen MR) is 86.1 cm³/mol. The third-order valence-electron chi connectivity index (χ3n) is 4.11. The Kier molecular flexibility index (Phi) is 4.69. The second kappa shape index (κ2) is 6.09. The molecule has 0 saturated carbocycles. The molecule has 0 aliphatic carbocycles. The minimum Gasteiger partial charge on any atom is -0.490 e. The van der Waals surface area contributed by atoms with Crippen LogP contribution in [-0.2, 0) is 5.79 Å². The lowest BCUT2D eigenvalue weighted by atomic mass is 9.71. The highest BCUT2D eigenvalue weighted by molar-refractivity contribution is 6.30. The van der Waals surface area contributed by atoms with Crippen LogP contribution in [0, 0.1) is 5.41 Å². The Bertz CT molecular complexity index is 638. The van der Waals surface area contributed by atoms with Crippen molar-refractivity contribution in [1.29, 1.82) is 0 Å². The lowest BCUT2D eigenvalue weighted by Crippen LogP contribution is -2.62. The van der Waals surface area contributed by atoms with Gasteiger partial charge in [-0.05, 0) is 36.6 Å². The van der Waals surface area contributed by atoms with Crippen molar-refractivity contribution in [2.45, 2.75) is 39.1 Å². The molecule has 2 unspecified atom stereocenters. The van der Waals surface area contributed by atoms with E-state index in [4.69, 9.17) is 16.3 Å². The number of aliphatic hydroxyl groups is 1. The number of hydrogen-bond donors (Lipinski definition) is 1. The third-order valence-corrected chi connectivity index (χ3v) is 4.36. The van der Waals surface area contributed by atoms with Crippen LogP contribution in [0.1, 0.15) is 27.7 Å². The number of rotatable bonds is 5. The topological polar surface area (TPSA) is 60.2 Å². The maximum atomic E-state index is 15.5. The fraction of sp³-hybridized carbons (Fsp3) is 0.500. The lowest BCUT2D eigenvalue weighted by Gasteiger charge is -2.47. The number of halogens is 2. The molecule has 0 fully saturated rings. The summed E-state index contributed by atoms with van der Waals surface area (Å²) in [6.07, 6.45) is 2.46. The Morgan fingerprint density at radius 1 is 1.22 bits per heavy atom. The van der Waals surface area contributed by atoms with Gasteiger partial charge in [0.2, 0.25) is 5.79 Å². The fourth-order valence-electron chi connectivity index (χ4n) is 2.37.